The Bertz CT molecular complexity index is 1070. The summed E-state index contributed by atoms with van der Waals surface area (Å²) in [5.41, 5.74) is 2.41. The molecule has 4 aliphatic rings. The summed E-state index contributed by atoms with van der Waals surface area (Å²) < 4.78 is 5.50. The van der Waals surface area contributed by atoms with Gasteiger partial charge in [0.2, 0.25) is 11.8 Å². The second-order valence-corrected chi connectivity index (χ2v) is 11.6. The van der Waals surface area contributed by atoms with Crippen LogP contribution in [0.2, 0.25) is 0 Å². The van der Waals surface area contributed by atoms with Crippen LogP contribution in [-0.4, -0.2) is 82.9 Å². The molecule has 0 saturated carbocycles. The van der Waals surface area contributed by atoms with Crippen molar-refractivity contribution >= 4 is 23.8 Å². The third-order valence-corrected chi connectivity index (χ3v) is 7.76. The number of carbonyl (C=O) groups excluding carboxylic acids is 4. The van der Waals surface area contributed by atoms with E-state index in [0.29, 0.717) is 30.4 Å². The van der Waals surface area contributed by atoms with Gasteiger partial charge in [-0.05, 0) is 63.1 Å². The van der Waals surface area contributed by atoms with E-state index in [1.807, 2.05) is 37.8 Å². The highest BCUT2D eigenvalue weighted by Gasteiger charge is 2.40. The van der Waals surface area contributed by atoms with E-state index >= 15 is 0 Å². The van der Waals surface area contributed by atoms with Gasteiger partial charge in [0.05, 0.1) is 0 Å². The highest BCUT2D eigenvalue weighted by atomic mass is 16.6. The van der Waals surface area contributed by atoms with E-state index < -0.39 is 11.6 Å². The zero-order valence-corrected chi connectivity index (χ0v) is 21.4. The molecule has 1 atom stereocenters. The number of nitrogens with zero attached hydrogens (tertiary/aromatic N) is 3. The lowest BCUT2D eigenvalue weighted by Gasteiger charge is -2.43. The first-order valence-corrected chi connectivity index (χ1v) is 13.0. The molecule has 194 valence electrons. The van der Waals surface area contributed by atoms with E-state index in [2.05, 4.69) is 16.3 Å². The molecule has 9 nitrogen and oxygen atoms in total. The van der Waals surface area contributed by atoms with Crippen LogP contribution in [0, 0.1) is 5.92 Å². The third-order valence-electron chi connectivity index (χ3n) is 7.76. The maximum atomic E-state index is 12.9. The van der Waals surface area contributed by atoms with Crippen molar-refractivity contribution in [2.45, 2.75) is 70.6 Å². The molecule has 1 aromatic carbocycles. The summed E-state index contributed by atoms with van der Waals surface area (Å²) in [6.45, 7) is 10.6. The standard InChI is InChI=1S/C27H36N4O5/c1-27(2,3)36-26(35)30-10-8-17(9-11-30)13-29-14-20(15-29)18-4-5-21-19(12-18)16-31(25(21)34)22-6-7-23(32)28-24(22)33/h4-5,12,17,20,22H,6-11,13-16H2,1-3H3,(H,28,32,33). The number of imide groups is 1. The summed E-state index contributed by atoms with van der Waals surface area (Å²) in [6, 6.07) is 5.49. The van der Waals surface area contributed by atoms with Crippen LogP contribution < -0.4 is 5.32 Å². The Morgan fingerprint density at radius 2 is 1.81 bits per heavy atom. The lowest BCUT2D eigenvalue weighted by molar-refractivity contribution is -0.136. The van der Waals surface area contributed by atoms with Gasteiger partial charge in [0.1, 0.15) is 11.6 Å². The summed E-state index contributed by atoms with van der Waals surface area (Å²) in [5.74, 6) is 0.255. The Morgan fingerprint density at radius 3 is 2.47 bits per heavy atom. The number of piperidine rings is 2. The molecule has 4 amide bonds. The molecule has 0 aromatic heterocycles. The molecule has 0 spiro atoms. The largest absolute Gasteiger partial charge is 0.444 e. The molecular formula is C27H36N4O5. The Kier molecular flexibility index (Phi) is 6.53. The molecule has 4 aliphatic heterocycles. The van der Waals surface area contributed by atoms with E-state index in [0.717, 1.165) is 51.1 Å². The van der Waals surface area contributed by atoms with Gasteiger partial charge in [0.15, 0.2) is 0 Å². The van der Waals surface area contributed by atoms with Crippen LogP contribution in [0.1, 0.15) is 73.9 Å². The second-order valence-electron chi connectivity index (χ2n) is 11.6. The van der Waals surface area contributed by atoms with Gasteiger partial charge in [-0.3, -0.25) is 19.7 Å². The van der Waals surface area contributed by atoms with Gasteiger partial charge in [-0.25, -0.2) is 4.79 Å². The number of nitrogens with one attached hydrogen (secondary N) is 1. The fourth-order valence-corrected chi connectivity index (χ4v) is 5.77. The first kappa shape index (κ1) is 24.7. The van der Waals surface area contributed by atoms with Crippen LogP contribution in [0.3, 0.4) is 0 Å². The van der Waals surface area contributed by atoms with Gasteiger partial charge in [-0.15, -0.1) is 0 Å². The van der Waals surface area contributed by atoms with E-state index in [4.69, 9.17) is 4.74 Å². The first-order valence-electron chi connectivity index (χ1n) is 13.0. The average molecular weight is 497 g/mol. The summed E-state index contributed by atoms with van der Waals surface area (Å²) in [6.07, 6.45) is 2.43. The van der Waals surface area contributed by atoms with Gasteiger partial charge in [-0.1, -0.05) is 12.1 Å². The van der Waals surface area contributed by atoms with Crippen LogP contribution in [0.4, 0.5) is 4.79 Å². The lowest BCUT2D eigenvalue weighted by atomic mass is 9.87. The average Bonchev–Trinajstić information content (AvgIpc) is 3.10. The predicted octanol–water partition coefficient (Wildman–Crippen LogP) is 2.49. The molecular weight excluding hydrogens is 460 g/mol. The molecule has 3 saturated heterocycles. The van der Waals surface area contributed by atoms with Crippen molar-refractivity contribution in [2.24, 2.45) is 5.92 Å². The minimum absolute atomic E-state index is 0.126. The summed E-state index contributed by atoms with van der Waals surface area (Å²) in [4.78, 5) is 54.8. The van der Waals surface area contributed by atoms with Crippen LogP contribution in [0.15, 0.2) is 18.2 Å². The highest BCUT2D eigenvalue weighted by Crippen LogP contribution is 2.34. The number of ether oxygens (including phenoxy) is 1. The number of hydrogen-bond donors (Lipinski definition) is 1. The van der Waals surface area contributed by atoms with E-state index in [-0.39, 0.29) is 30.2 Å². The van der Waals surface area contributed by atoms with Crippen molar-refractivity contribution in [1.29, 1.82) is 0 Å². The fourth-order valence-electron chi connectivity index (χ4n) is 5.77. The van der Waals surface area contributed by atoms with Gasteiger partial charge in [0, 0.05) is 57.2 Å². The molecule has 36 heavy (non-hydrogen) atoms. The van der Waals surface area contributed by atoms with Crippen molar-refractivity contribution in [3.63, 3.8) is 0 Å². The number of hydrogen-bond acceptors (Lipinski definition) is 6. The van der Waals surface area contributed by atoms with Crippen molar-refractivity contribution < 1.29 is 23.9 Å². The molecule has 9 heteroatoms. The maximum absolute atomic E-state index is 12.9. The molecule has 1 N–H and O–H groups in total. The predicted molar refractivity (Wildman–Crippen MR) is 132 cm³/mol. The van der Waals surface area contributed by atoms with Gasteiger partial charge in [0.25, 0.3) is 5.91 Å². The summed E-state index contributed by atoms with van der Waals surface area (Å²) in [7, 11) is 0. The monoisotopic (exact) mass is 496 g/mol. The molecule has 4 heterocycles. The fraction of sp³-hybridized carbons (Fsp3) is 0.630. The highest BCUT2D eigenvalue weighted by molar-refractivity contribution is 6.05. The van der Waals surface area contributed by atoms with E-state index in [9.17, 15) is 19.2 Å². The number of benzene rings is 1. The number of likely N-dealkylation sites (tertiary alicyclic amines) is 2. The number of amides is 4. The quantitative estimate of drug-likeness (QED) is 0.643. The Labute approximate surface area is 212 Å². The van der Waals surface area contributed by atoms with Gasteiger partial charge in [-0.2, -0.15) is 0 Å². The minimum atomic E-state index is -0.577. The molecule has 1 unspecified atom stereocenters. The maximum Gasteiger partial charge on any atom is 0.410 e. The van der Waals surface area contributed by atoms with Crippen LogP contribution in [0.5, 0.6) is 0 Å². The summed E-state index contributed by atoms with van der Waals surface area (Å²) in [5, 5.41) is 2.35. The smallest absolute Gasteiger partial charge is 0.410 e. The number of rotatable bonds is 4. The van der Waals surface area contributed by atoms with Crippen molar-refractivity contribution in [3.8, 4) is 0 Å². The first-order chi connectivity index (χ1) is 17.1. The topological polar surface area (TPSA) is 99.3 Å². The zero-order valence-electron chi connectivity index (χ0n) is 21.4. The molecule has 3 fully saturated rings. The molecule has 0 bridgehead atoms. The van der Waals surface area contributed by atoms with Crippen molar-refractivity contribution in [3.05, 3.63) is 34.9 Å². The van der Waals surface area contributed by atoms with Crippen LogP contribution in [0.25, 0.3) is 0 Å². The van der Waals surface area contributed by atoms with E-state index in [1.165, 1.54) is 5.56 Å². The number of carbonyl (C=O) groups is 4. The molecule has 5 rings (SSSR count). The van der Waals surface area contributed by atoms with Crippen molar-refractivity contribution in [2.75, 3.05) is 32.7 Å². The SMILES string of the molecule is CC(C)(C)OC(=O)N1CCC(CN2CC(c3ccc4c(c3)CN(C3CCC(=O)NC3=O)C4=O)C2)CC1. The normalized spacial score (nSPS) is 24.0. The van der Waals surface area contributed by atoms with Gasteiger partial charge >= 0.3 is 6.09 Å². The molecule has 0 radical (unpaired) electrons. The van der Waals surface area contributed by atoms with Gasteiger partial charge < -0.3 is 19.4 Å². The zero-order chi connectivity index (χ0) is 25.6. The van der Waals surface area contributed by atoms with Crippen molar-refractivity contribution in [1.82, 2.24) is 20.0 Å². The van der Waals surface area contributed by atoms with E-state index in [1.54, 1.807) is 4.90 Å². The third kappa shape index (κ3) is 5.12. The Balaban J connectivity index is 1.10. The molecule has 1 aromatic rings. The minimum Gasteiger partial charge on any atom is -0.444 e. The van der Waals surface area contributed by atoms with Crippen LogP contribution in [-0.2, 0) is 20.9 Å². The number of fused-ring (bicyclic) bond motifs is 1. The lowest BCUT2D eigenvalue weighted by Crippen LogP contribution is -2.52. The van der Waals surface area contributed by atoms with Crippen LogP contribution >= 0.6 is 0 Å². The Morgan fingerprint density at radius 1 is 1.08 bits per heavy atom. The summed E-state index contributed by atoms with van der Waals surface area (Å²) >= 11 is 0. The second kappa shape index (κ2) is 9.50. The Hall–Kier alpha value is -2.94. The molecule has 0 aliphatic carbocycles.